The number of ether oxygens (including phenoxy) is 2. The van der Waals surface area contributed by atoms with E-state index in [-0.39, 0.29) is 12.0 Å². The summed E-state index contributed by atoms with van der Waals surface area (Å²) in [7, 11) is 2.15. The number of aromatic nitrogens is 1. The summed E-state index contributed by atoms with van der Waals surface area (Å²) < 4.78 is 13.0. The highest BCUT2D eigenvalue weighted by molar-refractivity contribution is 5.86. The molecule has 38 heavy (non-hydrogen) atoms. The van der Waals surface area contributed by atoms with Crippen LogP contribution in [0.3, 0.4) is 0 Å². The third-order valence-electron chi connectivity index (χ3n) is 8.46. The quantitative estimate of drug-likeness (QED) is 0.247. The van der Waals surface area contributed by atoms with Gasteiger partial charge >= 0.3 is 0 Å². The fourth-order valence-electron chi connectivity index (χ4n) is 5.97. The van der Waals surface area contributed by atoms with Crippen molar-refractivity contribution in [3.8, 4) is 0 Å². The number of benzene rings is 3. The van der Waals surface area contributed by atoms with Crippen LogP contribution in [-0.4, -0.2) is 47.9 Å². The fraction of sp³-hybridized carbons (Fsp3) is 0.394. The van der Waals surface area contributed by atoms with Crippen molar-refractivity contribution < 1.29 is 14.6 Å². The van der Waals surface area contributed by atoms with Crippen molar-refractivity contribution in [3.63, 3.8) is 0 Å². The number of aliphatic hydroxyl groups excluding tert-OH is 1. The lowest BCUT2D eigenvalue weighted by Gasteiger charge is -2.39. The summed E-state index contributed by atoms with van der Waals surface area (Å²) in [6.45, 7) is 7.14. The highest BCUT2D eigenvalue weighted by Crippen LogP contribution is 2.48. The molecule has 3 atom stereocenters. The Labute approximate surface area is 226 Å². The molecule has 3 unspecified atom stereocenters. The third-order valence-corrected chi connectivity index (χ3v) is 8.46. The van der Waals surface area contributed by atoms with E-state index < -0.39 is 11.5 Å². The SMILES string of the molecule is CCN(C)C1CC(O)C(C)C(COCc2ccccc2)(COCc2ccccc2)c2[nH]c3ccccc3c21. The number of rotatable bonds is 10. The average Bonchev–Trinajstić information content (AvgIpc) is 3.31. The summed E-state index contributed by atoms with van der Waals surface area (Å²) >= 11 is 0. The van der Waals surface area contributed by atoms with Gasteiger partial charge in [-0.2, -0.15) is 0 Å². The first-order valence-electron chi connectivity index (χ1n) is 13.8. The molecular formula is C33H40N2O3. The largest absolute Gasteiger partial charge is 0.393 e. The Bertz CT molecular complexity index is 1260. The molecule has 5 rings (SSSR count). The van der Waals surface area contributed by atoms with Crippen LogP contribution in [0.1, 0.15) is 48.7 Å². The van der Waals surface area contributed by atoms with Crippen molar-refractivity contribution in [2.24, 2.45) is 5.92 Å². The van der Waals surface area contributed by atoms with Gasteiger partial charge in [0.2, 0.25) is 0 Å². The fourth-order valence-corrected chi connectivity index (χ4v) is 5.97. The molecule has 1 aliphatic rings. The molecule has 0 amide bonds. The molecule has 1 aliphatic carbocycles. The third kappa shape index (κ3) is 5.29. The molecule has 0 spiro atoms. The van der Waals surface area contributed by atoms with Crippen molar-refractivity contribution in [2.75, 3.05) is 26.8 Å². The van der Waals surface area contributed by atoms with Gasteiger partial charge in [-0.3, -0.25) is 4.90 Å². The zero-order chi connectivity index (χ0) is 26.5. The van der Waals surface area contributed by atoms with Gasteiger partial charge in [0.05, 0.1) is 37.9 Å². The molecule has 5 nitrogen and oxygen atoms in total. The Morgan fingerprint density at radius 1 is 0.868 bits per heavy atom. The van der Waals surface area contributed by atoms with Crippen LogP contribution in [0, 0.1) is 5.92 Å². The first-order chi connectivity index (χ1) is 18.5. The van der Waals surface area contributed by atoms with Gasteiger partial charge in [-0.1, -0.05) is 92.7 Å². The minimum Gasteiger partial charge on any atom is -0.393 e. The number of nitrogens with one attached hydrogen (secondary N) is 1. The Morgan fingerprint density at radius 3 is 2.00 bits per heavy atom. The lowest BCUT2D eigenvalue weighted by atomic mass is 9.72. The van der Waals surface area contributed by atoms with Crippen LogP contribution in [0.15, 0.2) is 84.9 Å². The van der Waals surface area contributed by atoms with E-state index in [1.807, 2.05) is 36.4 Å². The van der Waals surface area contributed by atoms with Crippen LogP contribution < -0.4 is 0 Å². The van der Waals surface area contributed by atoms with Crippen molar-refractivity contribution in [3.05, 3.63) is 107 Å². The Balaban J connectivity index is 1.58. The first-order valence-corrected chi connectivity index (χ1v) is 13.8. The molecule has 0 fully saturated rings. The average molecular weight is 513 g/mol. The summed E-state index contributed by atoms with van der Waals surface area (Å²) in [5.41, 5.74) is 5.23. The second-order valence-corrected chi connectivity index (χ2v) is 10.8. The van der Waals surface area contributed by atoms with Gasteiger partial charge in [-0.25, -0.2) is 0 Å². The number of para-hydroxylation sites is 1. The van der Waals surface area contributed by atoms with E-state index in [0.29, 0.717) is 32.8 Å². The summed E-state index contributed by atoms with van der Waals surface area (Å²) in [5.74, 6) is -0.0869. The van der Waals surface area contributed by atoms with Gasteiger partial charge in [-0.15, -0.1) is 0 Å². The monoisotopic (exact) mass is 512 g/mol. The van der Waals surface area contributed by atoms with Crippen molar-refractivity contribution in [2.45, 2.75) is 51.0 Å². The molecule has 0 saturated heterocycles. The molecule has 1 heterocycles. The lowest BCUT2D eigenvalue weighted by molar-refractivity contribution is -0.0493. The summed E-state index contributed by atoms with van der Waals surface area (Å²) in [6.07, 6.45) is 0.161. The zero-order valence-electron chi connectivity index (χ0n) is 22.8. The van der Waals surface area contributed by atoms with Gasteiger partial charge < -0.3 is 19.6 Å². The van der Waals surface area contributed by atoms with Gasteiger partial charge in [-0.05, 0) is 48.7 Å². The summed E-state index contributed by atoms with van der Waals surface area (Å²) in [4.78, 5) is 6.15. The molecule has 5 heteroatoms. The predicted molar refractivity (Wildman–Crippen MR) is 153 cm³/mol. The van der Waals surface area contributed by atoms with Crippen molar-refractivity contribution in [1.82, 2.24) is 9.88 Å². The highest BCUT2D eigenvalue weighted by Gasteiger charge is 2.49. The topological polar surface area (TPSA) is 57.7 Å². The molecule has 200 valence electrons. The zero-order valence-corrected chi connectivity index (χ0v) is 22.8. The van der Waals surface area contributed by atoms with E-state index in [2.05, 4.69) is 79.3 Å². The summed E-state index contributed by atoms with van der Waals surface area (Å²) in [5, 5.41) is 12.9. The molecule has 4 aromatic rings. The first kappa shape index (κ1) is 26.6. The number of H-pyrrole nitrogens is 1. The second kappa shape index (κ2) is 11.8. The number of hydrogen-bond acceptors (Lipinski definition) is 4. The number of fused-ring (bicyclic) bond motifs is 3. The summed E-state index contributed by atoms with van der Waals surface area (Å²) in [6, 6.07) is 29.2. The van der Waals surface area contributed by atoms with E-state index in [1.54, 1.807) is 0 Å². The number of hydrogen-bond donors (Lipinski definition) is 2. The van der Waals surface area contributed by atoms with E-state index in [1.165, 1.54) is 10.9 Å². The minimum absolute atomic E-state index is 0.0869. The van der Waals surface area contributed by atoms with Gasteiger partial charge in [0.1, 0.15) is 0 Å². The minimum atomic E-state index is -0.555. The number of aliphatic hydroxyl groups is 1. The molecule has 0 saturated carbocycles. The van der Waals surface area contributed by atoms with Crippen LogP contribution in [-0.2, 0) is 28.1 Å². The predicted octanol–water partition coefficient (Wildman–Crippen LogP) is 6.23. The van der Waals surface area contributed by atoms with Crippen molar-refractivity contribution in [1.29, 1.82) is 0 Å². The van der Waals surface area contributed by atoms with Gasteiger partial charge in [0.25, 0.3) is 0 Å². The van der Waals surface area contributed by atoms with Crippen LogP contribution in [0.2, 0.25) is 0 Å². The Kier molecular flexibility index (Phi) is 8.29. The van der Waals surface area contributed by atoms with E-state index >= 15 is 0 Å². The van der Waals surface area contributed by atoms with E-state index in [4.69, 9.17) is 9.47 Å². The smallest absolute Gasteiger partial charge is 0.0717 e. The van der Waals surface area contributed by atoms with Gasteiger partial charge in [0.15, 0.2) is 0 Å². The second-order valence-electron chi connectivity index (χ2n) is 10.8. The van der Waals surface area contributed by atoms with Crippen LogP contribution in [0.5, 0.6) is 0 Å². The maximum Gasteiger partial charge on any atom is 0.0717 e. The molecule has 0 bridgehead atoms. The molecule has 2 N–H and O–H groups in total. The molecule has 0 aliphatic heterocycles. The van der Waals surface area contributed by atoms with Gasteiger partial charge in [0, 0.05) is 22.6 Å². The Hall–Kier alpha value is -2.96. The van der Waals surface area contributed by atoms with Crippen molar-refractivity contribution >= 4 is 10.9 Å². The Morgan fingerprint density at radius 2 is 1.42 bits per heavy atom. The maximum atomic E-state index is 11.7. The molecule has 1 aromatic heterocycles. The number of nitrogens with zero attached hydrogens (tertiary/aromatic N) is 1. The molecular weight excluding hydrogens is 472 g/mol. The van der Waals surface area contributed by atoms with Crippen LogP contribution in [0.25, 0.3) is 10.9 Å². The van der Waals surface area contributed by atoms with Crippen LogP contribution in [0.4, 0.5) is 0 Å². The lowest BCUT2D eigenvalue weighted by Crippen LogP contribution is -2.47. The molecule has 3 aromatic carbocycles. The molecule has 0 radical (unpaired) electrons. The standard InChI is InChI=1S/C33H40N2O3/c1-4-35(3)29-19-30(36)24(2)33(22-37-20-25-13-7-5-8-14-25,23-38-21-26-15-9-6-10-16-26)32-31(29)27-17-11-12-18-28(27)34-32/h5-18,24,29-30,34,36H,4,19-23H2,1-3H3. The highest BCUT2D eigenvalue weighted by atomic mass is 16.5. The normalized spacial score (nSPS) is 20.9. The van der Waals surface area contributed by atoms with E-state index in [9.17, 15) is 5.11 Å². The van der Waals surface area contributed by atoms with Crippen LogP contribution >= 0.6 is 0 Å². The van der Waals surface area contributed by atoms with E-state index in [0.717, 1.165) is 28.9 Å². The number of aromatic amines is 1. The maximum absolute atomic E-state index is 11.7.